The SMILES string of the molecule is OCc1ccc2sc3ncnc(NOC4CCC(N5CCOCC5)CC4)c3c2c1. The van der Waals surface area contributed by atoms with E-state index in [0.29, 0.717) is 11.9 Å². The Labute approximate surface area is 173 Å². The number of thiophene rings is 1. The third-order valence-electron chi connectivity index (χ3n) is 6.04. The van der Waals surface area contributed by atoms with Crippen LogP contribution < -0.4 is 5.48 Å². The molecule has 2 fully saturated rings. The highest BCUT2D eigenvalue weighted by Gasteiger charge is 2.27. The zero-order valence-electron chi connectivity index (χ0n) is 16.3. The standard InChI is InChI=1S/C21H26N4O3S/c26-12-14-1-6-18-17(11-14)19-20(22-13-23-21(19)29-18)24-28-16-4-2-15(3-5-16)25-7-9-27-10-8-25/h1,6,11,13,15-16,26H,2-5,7-10,12H2,(H,22,23,24). The molecule has 2 N–H and O–H groups in total. The minimum atomic E-state index is 0.0205. The van der Waals surface area contributed by atoms with Crippen molar-refractivity contribution in [3.63, 3.8) is 0 Å². The molecule has 7 nitrogen and oxygen atoms in total. The summed E-state index contributed by atoms with van der Waals surface area (Å²) in [6, 6.07) is 6.64. The van der Waals surface area contributed by atoms with Crippen LogP contribution in [-0.4, -0.2) is 58.4 Å². The molecule has 0 amide bonds. The monoisotopic (exact) mass is 414 g/mol. The summed E-state index contributed by atoms with van der Waals surface area (Å²) < 4.78 is 6.60. The lowest BCUT2D eigenvalue weighted by Crippen LogP contribution is -2.45. The smallest absolute Gasteiger partial charge is 0.162 e. The van der Waals surface area contributed by atoms with Crippen LogP contribution in [0.1, 0.15) is 31.2 Å². The Balaban J connectivity index is 1.27. The first-order chi connectivity index (χ1) is 14.3. The van der Waals surface area contributed by atoms with Gasteiger partial charge in [-0.05, 0) is 43.4 Å². The van der Waals surface area contributed by atoms with Crippen molar-refractivity contribution < 1.29 is 14.7 Å². The second kappa shape index (κ2) is 8.49. The quantitative estimate of drug-likeness (QED) is 0.620. The number of hydrogen-bond donors (Lipinski definition) is 2. The molecule has 5 rings (SSSR count). The number of nitrogens with zero attached hydrogens (tertiary/aromatic N) is 3. The molecule has 1 saturated carbocycles. The molecule has 8 heteroatoms. The second-order valence-electron chi connectivity index (χ2n) is 7.79. The summed E-state index contributed by atoms with van der Waals surface area (Å²) in [6.07, 6.45) is 6.17. The molecule has 3 heterocycles. The van der Waals surface area contributed by atoms with Gasteiger partial charge in [-0.2, -0.15) is 0 Å². The van der Waals surface area contributed by atoms with Crippen LogP contribution in [0.2, 0.25) is 0 Å². The number of rotatable bonds is 5. The zero-order chi connectivity index (χ0) is 19.6. The number of aliphatic hydroxyl groups is 1. The first kappa shape index (κ1) is 19.1. The third kappa shape index (κ3) is 3.95. The number of aromatic nitrogens is 2. The minimum Gasteiger partial charge on any atom is -0.392 e. The van der Waals surface area contributed by atoms with Crippen molar-refractivity contribution in [2.24, 2.45) is 0 Å². The summed E-state index contributed by atoms with van der Waals surface area (Å²) in [4.78, 5) is 18.4. The van der Waals surface area contributed by atoms with E-state index >= 15 is 0 Å². The van der Waals surface area contributed by atoms with Gasteiger partial charge in [0.15, 0.2) is 5.82 Å². The molecule has 0 bridgehead atoms. The van der Waals surface area contributed by atoms with Gasteiger partial charge in [-0.15, -0.1) is 11.3 Å². The van der Waals surface area contributed by atoms with Gasteiger partial charge in [0.25, 0.3) is 0 Å². The van der Waals surface area contributed by atoms with Gasteiger partial charge in [0.1, 0.15) is 11.2 Å². The molecule has 3 aromatic rings. The van der Waals surface area contributed by atoms with Crippen molar-refractivity contribution in [3.8, 4) is 0 Å². The topological polar surface area (TPSA) is 79.7 Å². The van der Waals surface area contributed by atoms with E-state index in [4.69, 9.17) is 9.57 Å². The van der Waals surface area contributed by atoms with E-state index in [9.17, 15) is 5.11 Å². The van der Waals surface area contributed by atoms with Crippen LogP contribution in [-0.2, 0) is 16.2 Å². The summed E-state index contributed by atoms with van der Waals surface area (Å²) in [7, 11) is 0. The van der Waals surface area contributed by atoms with Crippen molar-refractivity contribution >= 4 is 37.5 Å². The van der Waals surface area contributed by atoms with E-state index in [0.717, 1.165) is 77.9 Å². The van der Waals surface area contributed by atoms with Crippen molar-refractivity contribution in [3.05, 3.63) is 30.1 Å². The predicted molar refractivity (Wildman–Crippen MR) is 114 cm³/mol. The first-order valence-electron chi connectivity index (χ1n) is 10.3. The van der Waals surface area contributed by atoms with Gasteiger partial charge in [0.2, 0.25) is 0 Å². The molecular weight excluding hydrogens is 388 g/mol. The van der Waals surface area contributed by atoms with Crippen molar-refractivity contribution in [2.45, 2.75) is 44.4 Å². The van der Waals surface area contributed by atoms with Crippen LogP contribution in [0.15, 0.2) is 24.5 Å². The van der Waals surface area contributed by atoms with Crippen LogP contribution in [0.5, 0.6) is 0 Å². The molecule has 0 spiro atoms. The summed E-state index contributed by atoms with van der Waals surface area (Å²) in [5.41, 5.74) is 4.01. The Morgan fingerprint density at radius 2 is 2.00 bits per heavy atom. The molecule has 2 aromatic heterocycles. The maximum Gasteiger partial charge on any atom is 0.162 e. The van der Waals surface area contributed by atoms with E-state index < -0.39 is 0 Å². The number of hydrogen-bond acceptors (Lipinski definition) is 8. The highest BCUT2D eigenvalue weighted by atomic mass is 32.1. The fraction of sp³-hybridized carbons (Fsp3) is 0.524. The fourth-order valence-electron chi connectivity index (χ4n) is 4.44. The molecule has 29 heavy (non-hydrogen) atoms. The molecule has 1 aliphatic carbocycles. The number of morpholine rings is 1. The summed E-state index contributed by atoms with van der Waals surface area (Å²) in [5.74, 6) is 0.701. The Morgan fingerprint density at radius 1 is 1.17 bits per heavy atom. The van der Waals surface area contributed by atoms with E-state index in [1.165, 1.54) is 0 Å². The molecule has 2 aliphatic rings. The van der Waals surface area contributed by atoms with Crippen molar-refractivity contribution in [2.75, 3.05) is 31.8 Å². The van der Waals surface area contributed by atoms with Gasteiger partial charge in [-0.3, -0.25) is 9.74 Å². The average molecular weight is 415 g/mol. The van der Waals surface area contributed by atoms with Gasteiger partial charge >= 0.3 is 0 Å². The lowest BCUT2D eigenvalue weighted by atomic mass is 9.92. The average Bonchev–Trinajstić information content (AvgIpc) is 3.17. The van der Waals surface area contributed by atoms with Gasteiger partial charge < -0.3 is 9.84 Å². The normalized spacial score (nSPS) is 23.6. The van der Waals surface area contributed by atoms with Crippen LogP contribution in [0.4, 0.5) is 5.82 Å². The molecular formula is C21H26N4O3S. The zero-order valence-corrected chi connectivity index (χ0v) is 17.2. The van der Waals surface area contributed by atoms with Gasteiger partial charge in [0.05, 0.1) is 31.3 Å². The number of anilines is 1. The molecule has 0 radical (unpaired) electrons. The van der Waals surface area contributed by atoms with Gasteiger partial charge in [-0.25, -0.2) is 15.4 Å². The molecule has 1 aromatic carbocycles. The molecule has 1 aliphatic heterocycles. The number of fused-ring (bicyclic) bond motifs is 3. The molecule has 0 unspecified atom stereocenters. The Hall–Kier alpha value is -1.84. The number of aliphatic hydroxyl groups excluding tert-OH is 1. The van der Waals surface area contributed by atoms with Crippen molar-refractivity contribution in [1.29, 1.82) is 0 Å². The minimum absolute atomic E-state index is 0.0205. The Kier molecular flexibility index (Phi) is 5.61. The Bertz CT molecular complexity index is 981. The van der Waals surface area contributed by atoms with Crippen LogP contribution in [0.25, 0.3) is 20.3 Å². The maximum atomic E-state index is 9.49. The van der Waals surface area contributed by atoms with E-state index in [1.54, 1.807) is 17.7 Å². The molecule has 1 saturated heterocycles. The number of ether oxygens (including phenoxy) is 1. The summed E-state index contributed by atoms with van der Waals surface area (Å²) in [6.45, 7) is 3.83. The lowest BCUT2D eigenvalue weighted by molar-refractivity contribution is -0.0114. The fourth-order valence-corrected chi connectivity index (χ4v) is 5.46. The van der Waals surface area contributed by atoms with Gasteiger partial charge in [-0.1, -0.05) is 6.07 Å². The predicted octanol–water partition coefficient (Wildman–Crippen LogP) is 3.32. The number of nitrogens with one attached hydrogen (secondary N) is 1. The largest absolute Gasteiger partial charge is 0.392 e. The van der Waals surface area contributed by atoms with Crippen LogP contribution in [0, 0.1) is 0 Å². The van der Waals surface area contributed by atoms with E-state index in [2.05, 4.69) is 20.3 Å². The van der Waals surface area contributed by atoms with Gasteiger partial charge in [0, 0.05) is 29.2 Å². The van der Waals surface area contributed by atoms with Crippen LogP contribution >= 0.6 is 11.3 Å². The molecule has 0 atom stereocenters. The highest BCUT2D eigenvalue weighted by molar-refractivity contribution is 7.25. The third-order valence-corrected chi connectivity index (χ3v) is 7.12. The van der Waals surface area contributed by atoms with Crippen LogP contribution in [0.3, 0.4) is 0 Å². The van der Waals surface area contributed by atoms with E-state index in [1.807, 2.05) is 18.2 Å². The lowest BCUT2D eigenvalue weighted by Gasteiger charge is -2.38. The molecule has 154 valence electrons. The first-order valence-corrected chi connectivity index (χ1v) is 11.1. The Morgan fingerprint density at radius 3 is 2.79 bits per heavy atom. The number of benzene rings is 1. The summed E-state index contributed by atoms with van der Waals surface area (Å²) >= 11 is 1.63. The maximum absolute atomic E-state index is 9.49. The summed E-state index contributed by atoms with van der Waals surface area (Å²) in [5, 5.41) is 11.5. The highest BCUT2D eigenvalue weighted by Crippen LogP contribution is 2.37. The van der Waals surface area contributed by atoms with Crippen molar-refractivity contribution in [1.82, 2.24) is 14.9 Å². The second-order valence-corrected chi connectivity index (χ2v) is 8.82. The van der Waals surface area contributed by atoms with E-state index in [-0.39, 0.29) is 12.7 Å².